The lowest BCUT2D eigenvalue weighted by Gasteiger charge is -2.03. The highest BCUT2D eigenvalue weighted by Crippen LogP contribution is 2.27. The van der Waals surface area contributed by atoms with Crippen LogP contribution in [0.5, 0.6) is 0 Å². The predicted molar refractivity (Wildman–Crippen MR) is 73.3 cm³/mol. The number of aromatic nitrogens is 2. The molecule has 84 valence electrons. The monoisotopic (exact) mass is 306 g/mol. The molecule has 17 heavy (non-hydrogen) atoms. The van der Waals surface area contributed by atoms with E-state index in [0.717, 1.165) is 21.4 Å². The van der Waals surface area contributed by atoms with E-state index >= 15 is 0 Å². The molecule has 0 amide bonds. The Morgan fingerprint density at radius 3 is 2.82 bits per heavy atom. The second kappa shape index (κ2) is 4.17. The van der Waals surface area contributed by atoms with Gasteiger partial charge in [0.25, 0.3) is 0 Å². The van der Waals surface area contributed by atoms with Crippen LogP contribution in [0.3, 0.4) is 0 Å². The van der Waals surface area contributed by atoms with E-state index in [1.54, 1.807) is 0 Å². The summed E-state index contributed by atoms with van der Waals surface area (Å²) in [5.41, 5.74) is 1.98. The van der Waals surface area contributed by atoms with Crippen LogP contribution in [0.1, 0.15) is 0 Å². The van der Waals surface area contributed by atoms with Crippen LogP contribution in [-0.4, -0.2) is 9.38 Å². The third-order valence-electron chi connectivity index (χ3n) is 2.61. The van der Waals surface area contributed by atoms with Crippen molar-refractivity contribution in [1.29, 1.82) is 0 Å². The number of benzene rings is 1. The first-order valence-electron chi connectivity index (χ1n) is 5.13. The van der Waals surface area contributed by atoms with Crippen molar-refractivity contribution in [2.24, 2.45) is 0 Å². The van der Waals surface area contributed by atoms with Gasteiger partial charge in [-0.15, -0.1) is 0 Å². The lowest BCUT2D eigenvalue weighted by atomic mass is 10.2. The molecule has 0 bridgehead atoms. The van der Waals surface area contributed by atoms with E-state index in [1.165, 1.54) is 0 Å². The van der Waals surface area contributed by atoms with Crippen LogP contribution in [0.25, 0.3) is 16.9 Å². The molecule has 1 aromatic carbocycles. The number of fused-ring (bicyclic) bond motifs is 1. The van der Waals surface area contributed by atoms with Crippen molar-refractivity contribution in [2.75, 3.05) is 0 Å². The fourth-order valence-corrected chi connectivity index (χ4v) is 2.39. The van der Waals surface area contributed by atoms with Crippen LogP contribution < -0.4 is 0 Å². The van der Waals surface area contributed by atoms with Gasteiger partial charge in [0, 0.05) is 16.2 Å². The second-order valence-electron chi connectivity index (χ2n) is 3.70. The quantitative estimate of drug-likeness (QED) is 0.650. The fraction of sp³-hybridized carbons (Fsp3) is 0. The Morgan fingerprint density at radius 2 is 2.00 bits per heavy atom. The standard InChI is InChI=1S/C13H8BrClN2/c14-9-5-6-17-10(7-9)8-16-13(17)11-3-1-2-4-12(11)15/h1-8H. The van der Waals surface area contributed by atoms with E-state index in [-0.39, 0.29) is 0 Å². The highest BCUT2D eigenvalue weighted by atomic mass is 79.9. The van der Waals surface area contributed by atoms with Gasteiger partial charge in [-0.3, -0.25) is 4.40 Å². The SMILES string of the molecule is Clc1ccccc1-c1ncc2cc(Br)ccn12. The lowest BCUT2D eigenvalue weighted by Crippen LogP contribution is -1.89. The molecule has 2 heterocycles. The molecular formula is C13H8BrClN2. The zero-order valence-electron chi connectivity index (χ0n) is 8.77. The molecule has 0 aliphatic rings. The second-order valence-corrected chi connectivity index (χ2v) is 5.02. The molecular weight excluding hydrogens is 300 g/mol. The van der Waals surface area contributed by atoms with Gasteiger partial charge in [0.2, 0.25) is 0 Å². The van der Waals surface area contributed by atoms with Crippen LogP contribution in [0.15, 0.2) is 53.3 Å². The van der Waals surface area contributed by atoms with Gasteiger partial charge in [-0.05, 0) is 24.3 Å². The molecule has 0 aliphatic carbocycles. The highest BCUT2D eigenvalue weighted by Gasteiger charge is 2.09. The summed E-state index contributed by atoms with van der Waals surface area (Å²) in [6.45, 7) is 0. The van der Waals surface area contributed by atoms with E-state index in [0.29, 0.717) is 5.02 Å². The Balaban J connectivity index is 2.29. The van der Waals surface area contributed by atoms with E-state index in [4.69, 9.17) is 11.6 Å². The van der Waals surface area contributed by atoms with Gasteiger partial charge in [-0.1, -0.05) is 39.7 Å². The first-order chi connectivity index (χ1) is 8.25. The van der Waals surface area contributed by atoms with Gasteiger partial charge < -0.3 is 0 Å². The van der Waals surface area contributed by atoms with Gasteiger partial charge >= 0.3 is 0 Å². The maximum atomic E-state index is 6.18. The molecule has 0 fully saturated rings. The first-order valence-corrected chi connectivity index (χ1v) is 6.30. The van der Waals surface area contributed by atoms with E-state index in [9.17, 15) is 0 Å². The van der Waals surface area contributed by atoms with Gasteiger partial charge in [-0.25, -0.2) is 4.98 Å². The molecule has 2 nitrogen and oxygen atoms in total. The highest BCUT2D eigenvalue weighted by molar-refractivity contribution is 9.10. The van der Waals surface area contributed by atoms with Crippen LogP contribution >= 0.6 is 27.5 Å². The van der Waals surface area contributed by atoms with Crippen LogP contribution in [0, 0.1) is 0 Å². The number of halogens is 2. The summed E-state index contributed by atoms with van der Waals surface area (Å²) in [6, 6.07) is 11.7. The molecule has 2 aromatic heterocycles. The summed E-state index contributed by atoms with van der Waals surface area (Å²) in [6.07, 6.45) is 3.81. The molecule has 3 aromatic rings. The molecule has 0 aliphatic heterocycles. The Morgan fingerprint density at radius 1 is 1.18 bits per heavy atom. The lowest BCUT2D eigenvalue weighted by molar-refractivity contribution is 1.16. The van der Waals surface area contributed by atoms with Crippen LogP contribution in [0.4, 0.5) is 0 Å². The van der Waals surface area contributed by atoms with Crippen molar-refractivity contribution < 1.29 is 0 Å². The molecule has 0 atom stereocenters. The third kappa shape index (κ3) is 1.85. The molecule has 0 unspecified atom stereocenters. The predicted octanol–water partition coefficient (Wildman–Crippen LogP) is 4.42. The number of rotatable bonds is 1. The van der Waals surface area contributed by atoms with Gasteiger partial charge in [0.05, 0.1) is 16.7 Å². The zero-order chi connectivity index (χ0) is 11.8. The summed E-state index contributed by atoms with van der Waals surface area (Å²) < 4.78 is 3.06. The Labute approximate surface area is 112 Å². The van der Waals surface area contributed by atoms with Crippen LogP contribution in [0.2, 0.25) is 5.02 Å². The van der Waals surface area contributed by atoms with Gasteiger partial charge in [0.15, 0.2) is 0 Å². The maximum Gasteiger partial charge on any atom is 0.145 e. The van der Waals surface area contributed by atoms with Gasteiger partial charge in [0.1, 0.15) is 5.82 Å². The average Bonchev–Trinajstić information content (AvgIpc) is 2.72. The topological polar surface area (TPSA) is 17.3 Å². The number of hydrogen-bond acceptors (Lipinski definition) is 1. The largest absolute Gasteiger partial charge is 0.300 e. The van der Waals surface area contributed by atoms with Crippen molar-refractivity contribution in [3.05, 3.63) is 58.3 Å². The summed E-state index contributed by atoms with van der Waals surface area (Å²) in [5.74, 6) is 0.859. The number of pyridine rings is 1. The maximum absolute atomic E-state index is 6.18. The molecule has 3 rings (SSSR count). The van der Waals surface area contributed by atoms with E-state index in [1.807, 2.05) is 53.2 Å². The molecule has 0 radical (unpaired) electrons. The number of hydrogen-bond donors (Lipinski definition) is 0. The number of nitrogens with zero attached hydrogens (tertiary/aromatic N) is 2. The van der Waals surface area contributed by atoms with Crippen molar-refractivity contribution in [3.63, 3.8) is 0 Å². The van der Waals surface area contributed by atoms with Crippen LogP contribution in [-0.2, 0) is 0 Å². The average molecular weight is 308 g/mol. The van der Waals surface area contributed by atoms with Crippen molar-refractivity contribution >= 4 is 33.0 Å². The Hall–Kier alpha value is -1.32. The first kappa shape index (κ1) is 10.8. The van der Waals surface area contributed by atoms with Crippen molar-refractivity contribution in [1.82, 2.24) is 9.38 Å². The third-order valence-corrected chi connectivity index (χ3v) is 3.43. The van der Waals surface area contributed by atoms with E-state index in [2.05, 4.69) is 20.9 Å². The van der Waals surface area contributed by atoms with Crippen molar-refractivity contribution in [2.45, 2.75) is 0 Å². The summed E-state index contributed by atoms with van der Waals surface area (Å²) in [7, 11) is 0. The molecule has 0 spiro atoms. The molecule has 0 saturated heterocycles. The Kier molecular flexibility index (Phi) is 2.65. The zero-order valence-corrected chi connectivity index (χ0v) is 11.1. The van der Waals surface area contributed by atoms with E-state index < -0.39 is 0 Å². The molecule has 0 saturated carbocycles. The number of imidazole rings is 1. The summed E-state index contributed by atoms with van der Waals surface area (Å²) in [5, 5.41) is 0.711. The van der Waals surface area contributed by atoms with Crippen molar-refractivity contribution in [3.8, 4) is 11.4 Å². The summed E-state index contributed by atoms with van der Waals surface area (Å²) in [4.78, 5) is 4.43. The Bertz CT molecular complexity index is 691. The molecule has 0 N–H and O–H groups in total. The fourth-order valence-electron chi connectivity index (χ4n) is 1.81. The van der Waals surface area contributed by atoms with Gasteiger partial charge in [-0.2, -0.15) is 0 Å². The normalized spacial score (nSPS) is 10.9. The smallest absolute Gasteiger partial charge is 0.145 e. The minimum absolute atomic E-state index is 0.711. The minimum Gasteiger partial charge on any atom is -0.300 e. The molecule has 4 heteroatoms. The minimum atomic E-state index is 0.711. The summed E-state index contributed by atoms with van der Waals surface area (Å²) >= 11 is 9.63.